The SMILES string of the molecule is CCOC(=O)CCN(C(C)=O)C1c2ccccc2-c2ccccc21. The van der Waals surface area contributed by atoms with Crippen molar-refractivity contribution < 1.29 is 14.3 Å². The largest absolute Gasteiger partial charge is 0.466 e. The van der Waals surface area contributed by atoms with Gasteiger partial charge >= 0.3 is 5.97 Å². The summed E-state index contributed by atoms with van der Waals surface area (Å²) in [6, 6.07) is 16.1. The number of ether oxygens (including phenoxy) is 1. The van der Waals surface area contributed by atoms with Gasteiger partial charge in [-0.3, -0.25) is 9.59 Å². The molecule has 0 fully saturated rings. The van der Waals surface area contributed by atoms with E-state index in [-0.39, 0.29) is 24.3 Å². The summed E-state index contributed by atoms with van der Waals surface area (Å²) in [5, 5.41) is 0. The van der Waals surface area contributed by atoms with E-state index in [2.05, 4.69) is 24.3 Å². The zero-order valence-electron chi connectivity index (χ0n) is 14.0. The molecule has 1 aliphatic rings. The average molecular weight is 323 g/mol. The fourth-order valence-corrected chi connectivity index (χ4v) is 3.38. The molecule has 4 heteroatoms. The number of benzene rings is 2. The van der Waals surface area contributed by atoms with Crippen LogP contribution in [0.5, 0.6) is 0 Å². The maximum Gasteiger partial charge on any atom is 0.307 e. The van der Waals surface area contributed by atoms with Crippen LogP contribution in [0.4, 0.5) is 0 Å². The van der Waals surface area contributed by atoms with Gasteiger partial charge in [0.15, 0.2) is 0 Å². The molecule has 1 amide bonds. The van der Waals surface area contributed by atoms with Crippen LogP contribution in [0, 0.1) is 0 Å². The van der Waals surface area contributed by atoms with Gasteiger partial charge in [0.25, 0.3) is 0 Å². The van der Waals surface area contributed by atoms with E-state index in [0.29, 0.717) is 13.2 Å². The molecule has 124 valence electrons. The molecule has 0 unspecified atom stereocenters. The number of carbonyl (C=O) groups is 2. The smallest absolute Gasteiger partial charge is 0.307 e. The lowest BCUT2D eigenvalue weighted by Gasteiger charge is -2.29. The molecule has 0 aliphatic heterocycles. The monoisotopic (exact) mass is 323 g/mol. The molecule has 1 aliphatic carbocycles. The van der Waals surface area contributed by atoms with Gasteiger partial charge in [0.2, 0.25) is 5.91 Å². The van der Waals surface area contributed by atoms with Crippen molar-refractivity contribution in [3.63, 3.8) is 0 Å². The summed E-state index contributed by atoms with van der Waals surface area (Å²) < 4.78 is 5.00. The Kier molecular flexibility index (Phi) is 4.65. The fraction of sp³-hybridized carbons (Fsp3) is 0.300. The van der Waals surface area contributed by atoms with Gasteiger partial charge in [-0.05, 0) is 29.2 Å². The maximum atomic E-state index is 12.3. The van der Waals surface area contributed by atoms with E-state index < -0.39 is 0 Å². The molecule has 0 heterocycles. The highest BCUT2D eigenvalue weighted by Crippen LogP contribution is 2.46. The van der Waals surface area contributed by atoms with Crippen LogP contribution >= 0.6 is 0 Å². The van der Waals surface area contributed by atoms with E-state index in [1.807, 2.05) is 24.3 Å². The van der Waals surface area contributed by atoms with E-state index in [9.17, 15) is 9.59 Å². The fourth-order valence-electron chi connectivity index (χ4n) is 3.38. The molecule has 0 atom stereocenters. The average Bonchev–Trinajstić information content (AvgIpc) is 2.90. The van der Waals surface area contributed by atoms with E-state index in [1.54, 1.807) is 18.7 Å². The summed E-state index contributed by atoms with van der Waals surface area (Å²) in [6.07, 6.45) is 0.203. The van der Waals surface area contributed by atoms with Gasteiger partial charge in [-0.2, -0.15) is 0 Å². The van der Waals surface area contributed by atoms with Gasteiger partial charge in [-0.25, -0.2) is 0 Å². The zero-order valence-corrected chi connectivity index (χ0v) is 14.0. The Morgan fingerprint density at radius 2 is 1.54 bits per heavy atom. The molecule has 0 saturated carbocycles. The Labute approximate surface area is 142 Å². The summed E-state index contributed by atoms with van der Waals surface area (Å²) in [6.45, 7) is 4.04. The molecule has 2 aromatic rings. The minimum atomic E-state index is -0.275. The highest BCUT2D eigenvalue weighted by atomic mass is 16.5. The standard InChI is InChI=1S/C20H21NO3/c1-3-24-19(23)12-13-21(14(2)22)20-17-10-6-4-8-15(17)16-9-5-7-11-18(16)20/h4-11,20H,3,12-13H2,1-2H3. The molecule has 0 saturated heterocycles. The van der Waals surface area contributed by atoms with Crippen LogP contribution in [0.15, 0.2) is 48.5 Å². The minimum Gasteiger partial charge on any atom is -0.466 e. The van der Waals surface area contributed by atoms with Crippen LogP contribution in [0.1, 0.15) is 37.4 Å². The van der Waals surface area contributed by atoms with E-state index in [4.69, 9.17) is 4.74 Å². The molecular formula is C20H21NO3. The van der Waals surface area contributed by atoms with Crippen LogP contribution in [0.25, 0.3) is 11.1 Å². The van der Waals surface area contributed by atoms with Crippen LogP contribution in [-0.4, -0.2) is 29.9 Å². The van der Waals surface area contributed by atoms with E-state index in [1.165, 1.54) is 0 Å². The summed E-state index contributed by atoms with van der Waals surface area (Å²) >= 11 is 0. The van der Waals surface area contributed by atoms with Gasteiger partial charge in [-0.15, -0.1) is 0 Å². The zero-order chi connectivity index (χ0) is 17.1. The van der Waals surface area contributed by atoms with Crippen molar-refractivity contribution in [2.45, 2.75) is 26.3 Å². The van der Waals surface area contributed by atoms with Crippen LogP contribution in [-0.2, 0) is 14.3 Å². The number of amides is 1. The van der Waals surface area contributed by atoms with Gasteiger partial charge in [-0.1, -0.05) is 48.5 Å². The molecule has 0 aromatic heterocycles. The quantitative estimate of drug-likeness (QED) is 0.791. The Hall–Kier alpha value is -2.62. The summed E-state index contributed by atoms with van der Waals surface area (Å²) in [4.78, 5) is 25.8. The summed E-state index contributed by atoms with van der Waals surface area (Å²) in [5.74, 6) is -0.320. The Bertz CT molecular complexity index is 723. The third-order valence-corrected chi connectivity index (χ3v) is 4.38. The topological polar surface area (TPSA) is 46.6 Å². The predicted molar refractivity (Wildman–Crippen MR) is 92.4 cm³/mol. The lowest BCUT2D eigenvalue weighted by atomic mass is 10.0. The Morgan fingerprint density at radius 1 is 1.00 bits per heavy atom. The second kappa shape index (κ2) is 6.87. The molecule has 2 aromatic carbocycles. The Balaban J connectivity index is 1.96. The maximum absolute atomic E-state index is 12.3. The first kappa shape index (κ1) is 16.2. The molecule has 0 N–H and O–H groups in total. The number of carbonyl (C=O) groups excluding carboxylic acids is 2. The number of nitrogens with zero attached hydrogens (tertiary/aromatic N) is 1. The second-order valence-corrected chi connectivity index (χ2v) is 5.84. The van der Waals surface area contributed by atoms with Gasteiger partial charge < -0.3 is 9.64 Å². The first-order chi connectivity index (χ1) is 11.6. The molecule has 0 spiro atoms. The van der Waals surface area contributed by atoms with Crippen LogP contribution in [0.3, 0.4) is 0 Å². The van der Waals surface area contributed by atoms with Crippen molar-refractivity contribution in [2.75, 3.05) is 13.2 Å². The van der Waals surface area contributed by atoms with Gasteiger partial charge in [0, 0.05) is 13.5 Å². The lowest BCUT2D eigenvalue weighted by Crippen LogP contribution is -2.35. The predicted octanol–water partition coefficient (Wildman–Crippen LogP) is 3.56. The van der Waals surface area contributed by atoms with E-state index in [0.717, 1.165) is 22.3 Å². The lowest BCUT2D eigenvalue weighted by molar-refractivity contribution is -0.144. The van der Waals surface area contributed by atoms with E-state index >= 15 is 0 Å². The number of hydrogen-bond acceptors (Lipinski definition) is 3. The second-order valence-electron chi connectivity index (χ2n) is 5.84. The number of fused-ring (bicyclic) bond motifs is 3. The third-order valence-electron chi connectivity index (χ3n) is 4.38. The van der Waals surface area contributed by atoms with Gasteiger partial charge in [0.05, 0.1) is 19.1 Å². The van der Waals surface area contributed by atoms with Crippen molar-refractivity contribution >= 4 is 11.9 Å². The van der Waals surface area contributed by atoms with Crippen LogP contribution < -0.4 is 0 Å². The van der Waals surface area contributed by atoms with Crippen LogP contribution in [0.2, 0.25) is 0 Å². The van der Waals surface area contributed by atoms with Crippen molar-refractivity contribution in [3.05, 3.63) is 59.7 Å². The van der Waals surface area contributed by atoms with Crippen molar-refractivity contribution in [2.24, 2.45) is 0 Å². The highest BCUT2D eigenvalue weighted by molar-refractivity contribution is 5.83. The first-order valence-electron chi connectivity index (χ1n) is 8.24. The molecule has 4 nitrogen and oxygen atoms in total. The van der Waals surface area contributed by atoms with Crippen molar-refractivity contribution in [1.82, 2.24) is 4.90 Å². The first-order valence-corrected chi connectivity index (χ1v) is 8.24. The van der Waals surface area contributed by atoms with Crippen molar-refractivity contribution in [1.29, 1.82) is 0 Å². The molecule has 24 heavy (non-hydrogen) atoms. The number of hydrogen-bond donors (Lipinski definition) is 0. The van der Waals surface area contributed by atoms with Gasteiger partial charge in [0.1, 0.15) is 0 Å². The highest BCUT2D eigenvalue weighted by Gasteiger charge is 2.34. The van der Waals surface area contributed by atoms with Crippen molar-refractivity contribution in [3.8, 4) is 11.1 Å². The summed E-state index contributed by atoms with van der Waals surface area (Å²) in [7, 11) is 0. The Morgan fingerprint density at radius 3 is 2.04 bits per heavy atom. The summed E-state index contributed by atoms with van der Waals surface area (Å²) in [5.41, 5.74) is 4.52. The minimum absolute atomic E-state index is 0.0456. The number of rotatable bonds is 5. The molecule has 0 radical (unpaired) electrons. The third kappa shape index (κ3) is 2.92. The normalized spacial score (nSPS) is 12.4. The molecular weight excluding hydrogens is 302 g/mol. The molecule has 0 bridgehead atoms. The molecule has 3 rings (SSSR count). The number of esters is 1.